The predicted octanol–water partition coefficient (Wildman–Crippen LogP) is 4.33. The van der Waals surface area contributed by atoms with Crippen LogP contribution in [0.25, 0.3) is 0 Å². The molecule has 0 aliphatic heterocycles. The van der Waals surface area contributed by atoms with Crippen molar-refractivity contribution in [2.75, 3.05) is 9.39 Å². The number of anilines is 2. The van der Waals surface area contributed by atoms with E-state index in [0.717, 1.165) is 48.8 Å². The average molecular weight is 585 g/mol. The second-order valence-corrected chi connectivity index (χ2v) is 11.5. The first-order valence-corrected chi connectivity index (χ1v) is 13.8. The van der Waals surface area contributed by atoms with Gasteiger partial charge in [-0.15, -0.1) is 0 Å². The zero-order valence-corrected chi connectivity index (χ0v) is 21.0. The number of nitrogens with zero attached hydrogens (tertiary/aromatic N) is 3. The topological polar surface area (TPSA) is 142 Å². The number of halogens is 4. The van der Waals surface area contributed by atoms with E-state index in [-0.39, 0.29) is 34.6 Å². The molecule has 0 bridgehead atoms. The van der Waals surface area contributed by atoms with E-state index in [9.17, 15) is 34.4 Å². The molecule has 0 unspecified atom stereocenters. The lowest BCUT2D eigenvalue weighted by molar-refractivity contribution is 0.423. The molecule has 0 fully saturated rings. The van der Waals surface area contributed by atoms with Crippen LogP contribution >= 0.6 is 0 Å². The number of nitrogens with two attached hydrogens (primary N) is 1. The van der Waals surface area contributed by atoms with Crippen LogP contribution in [-0.4, -0.2) is 31.9 Å². The van der Waals surface area contributed by atoms with Gasteiger partial charge < -0.3 is 9.47 Å². The molecule has 2 aromatic carbocycles. The monoisotopic (exact) mass is 584 g/mol. The molecule has 0 atom stereocenters. The Balaban J connectivity index is 1.65. The van der Waals surface area contributed by atoms with Gasteiger partial charge in [0, 0.05) is 24.3 Å². The van der Waals surface area contributed by atoms with E-state index < -0.39 is 48.4 Å². The van der Waals surface area contributed by atoms with Crippen LogP contribution in [0.3, 0.4) is 0 Å². The maximum atomic E-state index is 13.9. The first-order valence-electron chi connectivity index (χ1n) is 10.5. The van der Waals surface area contributed by atoms with E-state index in [2.05, 4.69) is 9.97 Å². The summed E-state index contributed by atoms with van der Waals surface area (Å²) >= 11 is 0. The largest absolute Gasteiger partial charge is 0.436 e. The number of rotatable bonds is 9. The Kier molecular flexibility index (Phi) is 7.71. The number of sulfonamides is 2. The summed E-state index contributed by atoms with van der Waals surface area (Å²) in [5.41, 5.74) is -0.378. The summed E-state index contributed by atoms with van der Waals surface area (Å²) in [7, 11) is -9.22. The molecular formula is C23H16F4N4O6S2. The standard InChI is InChI=1S/C23H16F4N4O6S2/c24-14-1-5-20(18(26)9-14)36-22-7-3-16(11-29-22)31(39(34,35)13-38(28,32)33)17-4-8-23(30-12-17)37-21-6-2-15(25)10-19(21)27/h1-12H,13H2,(H2,28,32,33). The second kappa shape index (κ2) is 10.8. The summed E-state index contributed by atoms with van der Waals surface area (Å²) in [6.45, 7) is 0. The van der Waals surface area contributed by atoms with Gasteiger partial charge in [0.25, 0.3) is 10.0 Å². The molecule has 204 valence electrons. The average Bonchev–Trinajstić information content (AvgIpc) is 2.83. The number of ether oxygens (including phenoxy) is 2. The van der Waals surface area contributed by atoms with Crippen LogP contribution in [0.1, 0.15) is 0 Å². The van der Waals surface area contributed by atoms with Gasteiger partial charge in [-0.1, -0.05) is 0 Å². The maximum absolute atomic E-state index is 13.9. The van der Waals surface area contributed by atoms with Gasteiger partial charge in [0.2, 0.25) is 21.8 Å². The summed E-state index contributed by atoms with van der Waals surface area (Å²) in [5, 5.41) is 3.47. The van der Waals surface area contributed by atoms with Crippen LogP contribution in [0.4, 0.5) is 28.9 Å². The SMILES string of the molecule is NS(=O)(=O)CS(=O)(=O)N(c1ccc(Oc2ccc(F)cc2F)nc1)c1ccc(Oc2ccc(F)cc2F)nc1. The molecule has 0 aliphatic rings. The van der Waals surface area contributed by atoms with Crippen molar-refractivity contribution in [3.8, 4) is 23.3 Å². The Hall–Kier alpha value is -4.28. The molecular weight excluding hydrogens is 568 g/mol. The molecule has 0 radical (unpaired) electrons. The number of hydrogen-bond acceptors (Lipinski definition) is 8. The van der Waals surface area contributed by atoms with Crippen molar-refractivity contribution in [2.24, 2.45) is 5.14 Å². The van der Waals surface area contributed by atoms with Crippen molar-refractivity contribution in [1.82, 2.24) is 9.97 Å². The van der Waals surface area contributed by atoms with Gasteiger partial charge >= 0.3 is 0 Å². The smallest absolute Gasteiger partial charge is 0.255 e. The van der Waals surface area contributed by atoms with Gasteiger partial charge in [-0.2, -0.15) is 0 Å². The molecule has 10 nitrogen and oxygen atoms in total. The Labute approximate surface area is 219 Å². The molecule has 39 heavy (non-hydrogen) atoms. The van der Waals surface area contributed by atoms with Gasteiger partial charge in [-0.25, -0.2) is 53.8 Å². The molecule has 0 spiro atoms. The van der Waals surface area contributed by atoms with Crippen molar-refractivity contribution in [3.63, 3.8) is 0 Å². The molecule has 2 heterocycles. The van der Waals surface area contributed by atoms with Gasteiger partial charge in [0.05, 0.1) is 23.8 Å². The predicted molar refractivity (Wildman–Crippen MR) is 130 cm³/mol. The summed E-state index contributed by atoms with van der Waals surface area (Å²) in [5.74, 6) is -4.77. The van der Waals surface area contributed by atoms with Crippen molar-refractivity contribution in [1.29, 1.82) is 0 Å². The highest BCUT2D eigenvalue weighted by Gasteiger charge is 2.30. The molecule has 0 saturated heterocycles. The Morgan fingerprint density at radius 3 is 1.46 bits per heavy atom. The minimum absolute atomic E-state index is 0.189. The normalized spacial score (nSPS) is 11.7. The highest BCUT2D eigenvalue weighted by atomic mass is 32.3. The quantitative estimate of drug-likeness (QED) is 0.287. The minimum atomic E-state index is -4.70. The third kappa shape index (κ3) is 6.98. The summed E-state index contributed by atoms with van der Waals surface area (Å²) in [4.78, 5) is 7.79. The molecule has 0 saturated carbocycles. The Morgan fingerprint density at radius 1 is 0.692 bits per heavy atom. The van der Waals surface area contributed by atoms with Crippen LogP contribution in [0.5, 0.6) is 23.3 Å². The number of pyridine rings is 2. The van der Waals surface area contributed by atoms with Crippen molar-refractivity contribution < 1.29 is 43.9 Å². The highest BCUT2D eigenvalue weighted by molar-refractivity contribution is 8.07. The zero-order valence-electron chi connectivity index (χ0n) is 19.3. The van der Waals surface area contributed by atoms with Crippen LogP contribution in [0, 0.1) is 23.3 Å². The van der Waals surface area contributed by atoms with Gasteiger partial charge in [-0.05, 0) is 36.4 Å². The maximum Gasteiger partial charge on any atom is 0.255 e. The van der Waals surface area contributed by atoms with E-state index in [1.807, 2.05) is 0 Å². The first kappa shape index (κ1) is 27.7. The molecule has 16 heteroatoms. The van der Waals surface area contributed by atoms with E-state index in [4.69, 9.17) is 14.6 Å². The van der Waals surface area contributed by atoms with Crippen LogP contribution < -0.4 is 18.9 Å². The van der Waals surface area contributed by atoms with Gasteiger partial charge in [0.15, 0.2) is 28.2 Å². The number of aromatic nitrogens is 2. The number of hydrogen-bond donors (Lipinski definition) is 1. The van der Waals surface area contributed by atoms with Gasteiger partial charge in [-0.3, -0.25) is 0 Å². The summed E-state index contributed by atoms with van der Waals surface area (Å²) in [6, 6.07) is 9.79. The second-order valence-electron chi connectivity index (χ2n) is 7.72. The van der Waals surface area contributed by atoms with Crippen molar-refractivity contribution >= 4 is 31.4 Å². The molecule has 2 N–H and O–H groups in total. The summed E-state index contributed by atoms with van der Waals surface area (Å²) in [6.07, 6.45) is 1.96. The molecule has 4 aromatic rings. The fourth-order valence-electron chi connectivity index (χ4n) is 3.18. The lowest BCUT2D eigenvalue weighted by Crippen LogP contribution is -2.34. The molecule has 0 aliphatic carbocycles. The highest BCUT2D eigenvalue weighted by Crippen LogP contribution is 2.32. The number of benzene rings is 2. The van der Waals surface area contributed by atoms with Crippen molar-refractivity contribution in [3.05, 3.63) is 96.3 Å². The molecule has 4 rings (SSSR count). The molecule has 2 aromatic heterocycles. The fraction of sp³-hybridized carbons (Fsp3) is 0.0435. The van der Waals surface area contributed by atoms with Crippen LogP contribution in [0.2, 0.25) is 0 Å². The fourth-order valence-corrected chi connectivity index (χ4v) is 6.12. The lowest BCUT2D eigenvalue weighted by Gasteiger charge is -2.23. The number of primary sulfonamides is 1. The minimum Gasteiger partial charge on any atom is -0.436 e. The third-order valence-corrected chi connectivity index (χ3v) is 8.20. The Morgan fingerprint density at radius 2 is 1.13 bits per heavy atom. The summed E-state index contributed by atoms with van der Waals surface area (Å²) < 4.78 is 114. The van der Waals surface area contributed by atoms with Crippen LogP contribution in [0.15, 0.2) is 73.1 Å². The van der Waals surface area contributed by atoms with E-state index in [1.54, 1.807) is 0 Å². The van der Waals surface area contributed by atoms with E-state index in [1.165, 1.54) is 12.1 Å². The van der Waals surface area contributed by atoms with Crippen LogP contribution in [-0.2, 0) is 20.0 Å². The zero-order chi connectivity index (χ0) is 28.4. The van der Waals surface area contributed by atoms with Crippen molar-refractivity contribution in [2.45, 2.75) is 0 Å². The first-order chi connectivity index (χ1) is 18.3. The van der Waals surface area contributed by atoms with E-state index in [0.29, 0.717) is 16.4 Å². The molecule has 0 amide bonds. The van der Waals surface area contributed by atoms with Gasteiger partial charge in [0.1, 0.15) is 11.6 Å². The lowest BCUT2D eigenvalue weighted by atomic mass is 10.3. The third-order valence-electron chi connectivity index (χ3n) is 4.72. The van der Waals surface area contributed by atoms with E-state index >= 15 is 0 Å². The Bertz CT molecular complexity index is 1630.